The van der Waals surface area contributed by atoms with Gasteiger partial charge in [-0.3, -0.25) is 0 Å². The van der Waals surface area contributed by atoms with E-state index in [0.717, 1.165) is 34.7 Å². The summed E-state index contributed by atoms with van der Waals surface area (Å²) in [7, 11) is 1.73. The van der Waals surface area contributed by atoms with Gasteiger partial charge in [0.15, 0.2) is 0 Å². The number of nitrogen functional groups attached to an aromatic ring is 1. The lowest BCUT2D eigenvalue weighted by molar-refractivity contribution is 0.205. The monoisotopic (exact) mass is 263 g/mol. The van der Waals surface area contributed by atoms with Crippen LogP contribution in [0.2, 0.25) is 0 Å². The highest BCUT2D eigenvalue weighted by atomic mass is 32.1. The molecule has 3 rings (SSSR count). The van der Waals surface area contributed by atoms with Gasteiger partial charge in [0.25, 0.3) is 0 Å². The molecule has 2 N–H and O–H groups in total. The number of aromatic nitrogens is 1. The molecule has 1 aliphatic carbocycles. The van der Waals surface area contributed by atoms with Crippen LogP contribution in [0, 0.1) is 0 Å². The molecule has 1 aromatic heterocycles. The van der Waals surface area contributed by atoms with E-state index in [1.807, 2.05) is 5.51 Å². The van der Waals surface area contributed by atoms with Gasteiger partial charge in [0.1, 0.15) is 5.52 Å². The molecule has 4 nitrogen and oxygen atoms in total. The minimum absolute atomic E-state index is 0.624. The lowest BCUT2D eigenvalue weighted by Gasteiger charge is -2.25. The smallest absolute Gasteiger partial charge is 0.106 e. The highest BCUT2D eigenvalue weighted by molar-refractivity contribution is 7.16. The van der Waals surface area contributed by atoms with E-state index in [1.165, 1.54) is 12.8 Å². The van der Waals surface area contributed by atoms with Gasteiger partial charge in [0, 0.05) is 19.7 Å². The number of fused-ring (bicyclic) bond motifs is 1. The molecular weight excluding hydrogens is 246 g/mol. The number of hydrogen-bond acceptors (Lipinski definition) is 5. The molecule has 0 radical (unpaired) electrons. The molecule has 0 spiro atoms. The highest BCUT2D eigenvalue weighted by Gasteiger charge is 2.30. The van der Waals surface area contributed by atoms with Gasteiger partial charge >= 0.3 is 0 Å². The molecule has 1 heterocycles. The van der Waals surface area contributed by atoms with Crippen molar-refractivity contribution in [3.8, 4) is 0 Å². The van der Waals surface area contributed by atoms with Crippen molar-refractivity contribution >= 4 is 32.9 Å². The van der Waals surface area contributed by atoms with Gasteiger partial charge in [-0.2, -0.15) is 0 Å². The molecule has 0 bridgehead atoms. The maximum atomic E-state index is 6.26. The van der Waals surface area contributed by atoms with Crippen LogP contribution in [-0.4, -0.2) is 31.3 Å². The summed E-state index contributed by atoms with van der Waals surface area (Å²) in [6, 6.07) is 4.85. The number of methoxy groups -OCH3 is 1. The number of anilines is 2. The molecule has 5 heteroatoms. The van der Waals surface area contributed by atoms with Crippen LogP contribution < -0.4 is 10.6 Å². The quantitative estimate of drug-likeness (QED) is 0.842. The van der Waals surface area contributed by atoms with Crippen molar-refractivity contribution in [3.63, 3.8) is 0 Å². The van der Waals surface area contributed by atoms with E-state index in [4.69, 9.17) is 10.5 Å². The fourth-order valence-electron chi connectivity index (χ4n) is 2.27. The van der Waals surface area contributed by atoms with E-state index in [-0.39, 0.29) is 0 Å². The van der Waals surface area contributed by atoms with E-state index in [1.54, 1.807) is 18.4 Å². The first-order valence-electron chi connectivity index (χ1n) is 6.18. The Morgan fingerprint density at radius 3 is 3.06 bits per heavy atom. The standard InChI is InChI=1S/C13H17N3OS/c1-17-7-6-16(9-2-3-9)10-4-5-11-13(12(10)14)15-8-18-11/h4-5,8-9H,2-3,6-7,14H2,1H3. The van der Waals surface area contributed by atoms with Gasteiger partial charge in [-0.1, -0.05) is 0 Å². The number of thiazole rings is 1. The zero-order valence-corrected chi connectivity index (χ0v) is 11.2. The van der Waals surface area contributed by atoms with Gasteiger partial charge in [0.05, 0.1) is 28.2 Å². The minimum Gasteiger partial charge on any atom is -0.395 e. The zero-order valence-electron chi connectivity index (χ0n) is 10.4. The molecule has 96 valence electrons. The largest absolute Gasteiger partial charge is 0.395 e. The van der Waals surface area contributed by atoms with Crippen molar-refractivity contribution in [2.75, 3.05) is 30.9 Å². The highest BCUT2D eigenvalue weighted by Crippen LogP contribution is 2.38. The lowest BCUT2D eigenvalue weighted by Crippen LogP contribution is -2.30. The average molecular weight is 263 g/mol. The summed E-state index contributed by atoms with van der Waals surface area (Å²) in [4.78, 5) is 6.72. The molecule has 2 aromatic rings. The Hall–Kier alpha value is -1.33. The van der Waals surface area contributed by atoms with Crippen LogP contribution in [0.4, 0.5) is 11.4 Å². The first-order valence-corrected chi connectivity index (χ1v) is 7.06. The Bertz CT molecular complexity index is 550. The number of rotatable bonds is 5. The Morgan fingerprint density at radius 1 is 1.50 bits per heavy atom. The van der Waals surface area contributed by atoms with Crippen LogP contribution in [0.15, 0.2) is 17.6 Å². The first-order chi connectivity index (χ1) is 8.81. The third kappa shape index (κ3) is 2.04. The van der Waals surface area contributed by atoms with Crippen molar-refractivity contribution in [2.24, 2.45) is 0 Å². The Balaban J connectivity index is 1.97. The molecule has 18 heavy (non-hydrogen) atoms. The van der Waals surface area contributed by atoms with Crippen LogP contribution >= 0.6 is 11.3 Å². The van der Waals surface area contributed by atoms with E-state index >= 15 is 0 Å². The summed E-state index contributed by atoms with van der Waals surface area (Å²) in [5, 5.41) is 0. The van der Waals surface area contributed by atoms with Crippen molar-refractivity contribution in [1.29, 1.82) is 0 Å². The molecule has 0 saturated heterocycles. The molecule has 1 aliphatic rings. The first kappa shape index (κ1) is 11.7. The van der Waals surface area contributed by atoms with Gasteiger partial charge in [-0.15, -0.1) is 11.3 Å². The normalized spacial score (nSPS) is 15.2. The van der Waals surface area contributed by atoms with E-state index in [0.29, 0.717) is 6.04 Å². The third-order valence-corrected chi connectivity index (χ3v) is 4.15. The van der Waals surface area contributed by atoms with Crippen molar-refractivity contribution < 1.29 is 4.74 Å². The molecule has 0 aliphatic heterocycles. The summed E-state index contributed by atoms with van der Waals surface area (Å²) in [6.07, 6.45) is 2.50. The predicted molar refractivity (Wildman–Crippen MR) is 76.3 cm³/mol. The SMILES string of the molecule is COCCN(c1ccc2scnc2c1N)C1CC1. The second kappa shape index (κ2) is 4.74. The van der Waals surface area contributed by atoms with Crippen molar-refractivity contribution in [3.05, 3.63) is 17.6 Å². The molecule has 0 unspecified atom stereocenters. The van der Waals surface area contributed by atoms with Crippen LogP contribution in [0.1, 0.15) is 12.8 Å². The maximum Gasteiger partial charge on any atom is 0.106 e. The number of benzene rings is 1. The Morgan fingerprint density at radius 2 is 2.33 bits per heavy atom. The van der Waals surface area contributed by atoms with Gasteiger partial charge in [-0.05, 0) is 25.0 Å². The molecule has 0 amide bonds. The fourth-order valence-corrected chi connectivity index (χ4v) is 2.96. The van der Waals surface area contributed by atoms with Crippen molar-refractivity contribution in [1.82, 2.24) is 4.98 Å². The van der Waals surface area contributed by atoms with E-state index in [9.17, 15) is 0 Å². The molecule has 1 aromatic carbocycles. The van der Waals surface area contributed by atoms with E-state index < -0.39 is 0 Å². The van der Waals surface area contributed by atoms with Crippen molar-refractivity contribution in [2.45, 2.75) is 18.9 Å². The topological polar surface area (TPSA) is 51.4 Å². The number of nitrogens with zero attached hydrogens (tertiary/aromatic N) is 2. The number of hydrogen-bond donors (Lipinski definition) is 1. The Labute approximate surface area is 110 Å². The summed E-state index contributed by atoms with van der Waals surface area (Å²) in [5.41, 5.74) is 11.0. The van der Waals surface area contributed by atoms with Crippen LogP contribution in [-0.2, 0) is 4.74 Å². The fraction of sp³-hybridized carbons (Fsp3) is 0.462. The van der Waals surface area contributed by atoms with Gasteiger partial charge in [-0.25, -0.2) is 4.98 Å². The second-order valence-electron chi connectivity index (χ2n) is 4.61. The van der Waals surface area contributed by atoms with E-state index in [2.05, 4.69) is 22.0 Å². The van der Waals surface area contributed by atoms with Crippen LogP contribution in [0.25, 0.3) is 10.2 Å². The average Bonchev–Trinajstić information content (AvgIpc) is 3.09. The number of nitrogens with two attached hydrogens (primary N) is 1. The third-order valence-electron chi connectivity index (χ3n) is 3.35. The minimum atomic E-state index is 0.624. The maximum absolute atomic E-state index is 6.26. The molecular formula is C13H17N3OS. The molecule has 1 fully saturated rings. The second-order valence-corrected chi connectivity index (χ2v) is 5.50. The van der Waals surface area contributed by atoms with Crippen LogP contribution in [0.5, 0.6) is 0 Å². The summed E-state index contributed by atoms with van der Waals surface area (Å²) >= 11 is 1.63. The van der Waals surface area contributed by atoms with Crippen LogP contribution in [0.3, 0.4) is 0 Å². The Kier molecular flexibility index (Phi) is 3.09. The lowest BCUT2D eigenvalue weighted by atomic mass is 10.2. The summed E-state index contributed by atoms with van der Waals surface area (Å²) in [5.74, 6) is 0. The predicted octanol–water partition coefficient (Wildman–Crippen LogP) is 2.49. The summed E-state index contributed by atoms with van der Waals surface area (Å²) < 4.78 is 6.34. The zero-order chi connectivity index (χ0) is 12.5. The molecule has 0 atom stereocenters. The molecule has 1 saturated carbocycles. The summed E-state index contributed by atoms with van der Waals surface area (Å²) in [6.45, 7) is 1.62. The van der Waals surface area contributed by atoms with Gasteiger partial charge in [0.2, 0.25) is 0 Å². The van der Waals surface area contributed by atoms with Gasteiger partial charge < -0.3 is 15.4 Å². The number of ether oxygens (including phenoxy) is 1.